The van der Waals surface area contributed by atoms with Gasteiger partial charge in [-0.3, -0.25) is 9.59 Å². The summed E-state index contributed by atoms with van der Waals surface area (Å²) in [4.78, 5) is 25.3. The Labute approximate surface area is 169 Å². The number of fused-ring (bicyclic) bond motifs is 1. The van der Waals surface area contributed by atoms with Gasteiger partial charge in [0.05, 0.1) is 18.4 Å². The van der Waals surface area contributed by atoms with Gasteiger partial charge < -0.3 is 27.2 Å². The molecule has 0 fully saturated rings. The summed E-state index contributed by atoms with van der Waals surface area (Å²) >= 11 is 0. The summed E-state index contributed by atoms with van der Waals surface area (Å²) in [6, 6.07) is 16.3. The maximum atomic E-state index is 12.6. The Kier molecular flexibility index (Phi) is 7.52. The Bertz CT molecular complexity index is 1000. The zero-order valence-corrected chi connectivity index (χ0v) is 16.6. The molecule has 3 aromatic rings. The highest BCUT2D eigenvalue weighted by atomic mass is 35.5. The van der Waals surface area contributed by atoms with Gasteiger partial charge in [0.25, 0.3) is 0 Å². The molecule has 1 heterocycles. The number of ketones is 1. The second kappa shape index (κ2) is 9.64. The molecule has 2 unspecified atom stereocenters. The van der Waals surface area contributed by atoms with Crippen LogP contribution in [0, 0.1) is 6.92 Å². The van der Waals surface area contributed by atoms with Gasteiger partial charge in [-0.15, -0.1) is 0 Å². The number of nitrogens with two attached hydrogens (primary N) is 1. The summed E-state index contributed by atoms with van der Waals surface area (Å²) in [5.74, 6) is 0.116. The van der Waals surface area contributed by atoms with Crippen LogP contribution in [0.15, 0.2) is 63.8 Å². The molecule has 0 bridgehead atoms. The van der Waals surface area contributed by atoms with Gasteiger partial charge in [-0.2, -0.15) is 0 Å². The van der Waals surface area contributed by atoms with E-state index in [0.717, 1.165) is 5.56 Å². The topological polar surface area (TPSA) is 84.1 Å². The number of aliphatic hydroxyl groups excluding tert-OH is 1. The van der Waals surface area contributed by atoms with E-state index in [9.17, 15) is 14.7 Å². The Balaban J connectivity index is 0.00000280. The van der Waals surface area contributed by atoms with E-state index < -0.39 is 6.10 Å². The van der Waals surface area contributed by atoms with Crippen molar-refractivity contribution in [2.24, 2.45) is 0 Å². The van der Waals surface area contributed by atoms with E-state index >= 15 is 0 Å². The minimum Gasteiger partial charge on any atom is -1.00 e. The Morgan fingerprint density at radius 2 is 1.75 bits per heavy atom. The summed E-state index contributed by atoms with van der Waals surface area (Å²) in [5, 5.41) is 12.7. The normalized spacial score (nSPS) is 13.0. The molecular weight excluding hydrogens is 378 g/mol. The number of halogens is 1. The monoisotopic (exact) mass is 401 g/mol. The molecule has 5 nitrogen and oxygen atoms in total. The Morgan fingerprint density at radius 1 is 1.11 bits per heavy atom. The number of hydrogen-bond donors (Lipinski definition) is 2. The van der Waals surface area contributed by atoms with Gasteiger partial charge in [0.1, 0.15) is 29.1 Å². The van der Waals surface area contributed by atoms with Crippen LogP contribution in [0.2, 0.25) is 0 Å². The van der Waals surface area contributed by atoms with Crippen molar-refractivity contribution < 1.29 is 32.0 Å². The predicted molar refractivity (Wildman–Crippen MR) is 104 cm³/mol. The molecule has 0 saturated heterocycles. The smallest absolute Gasteiger partial charge is 0.203 e. The summed E-state index contributed by atoms with van der Waals surface area (Å²) in [6.07, 6.45) is -0.413. The quantitative estimate of drug-likeness (QED) is 0.516. The van der Waals surface area contributed by atoms with Crippen molar-refractivity contribution in [2.45, 2.75) is 32.4 Å². The number of rotatable bonds is 7. The van der Waals surface area contributed by atoms with Crippen molar-refractivity contribution in [1.29, 1.82) is 0 Å². The third-order valence-electron chi connectivity index (χ3n) is 4.80. The standard InChI is InChI=1S/C22H23NO4.ClH/c1-14(21(25)16-8-4-3-5-9-16)23-13-12-18(24)20-15(2)27-19-11-7-6-10-17(19)22(20)26;/h3-11,14,21,23,25H,12-13H2,1-2H3;1H. The van der Waals surface area contributed by atoms with E-state index in [0.29, 0.717) is 23.3 Å². The van der Waals surface area contributed by atoms with Crippen molar-refractivity contribution in [3.63, 3.8) is 0 Å². The first kappa shape index (κ1) is 21.8. The fourth-order valence-electron chi connectivity index (χ4n) is 3.26. The summed E-state index contributed by atoms with van der Waals surface area (Å²) in [7, 11) is 0. The van der Waals surface area contributed by atoms with Crippen molar-refractivity contribution >= 4 is 16.8 Å². The molecule has 3 rings (SSSR count). The minimum atomic E-state index is -0.617. The summed E-state index contributed by atoms with van der Waals surface area (Å²) in [6.45, 7) is 4.04. The van der Waals surface area contributed by atoms with E-state index in [1.807, 2.05) is 42.6 Å². The number of para-hydroxylation sites is 1. The fourth-order valence-corrected chi connectivity index (χ4v) is 3.26. The number of carbonyl (C=O) groups excluding carboxylic acids is 1. The lowest BCUT2D eigenvalue weighted by molar-refractivity contribution is -0.693. The first-order valence-corrected chi connectivity index (χ1v) is 9.11. The van der Waals surface area contributed by atoms with Gasteiger partial charge in [-0.1, -0.05) is 42.5 Å². The van der Waals surface area contributed by atoms with Crippen LogP contribution in [0.3, 0.4) is 0 Å². The number of aryl methyl sites for hydroxylation is 1. The second-order valence-corrected chi connectivity index (χ2v) is 6.77. The molecular formula is C22H24ClNO4. The van der Waals surface area contributed by atoms with E-state index in [-0.39, 0.29) is 41.6 Å². The molecule has 148 valence electrons. The zero-order valence-electron chi connectivity index (χ0n) is 15.9. The third kappa shape index (κ3) is 4.68. The second-order valence-electron chi connectivity index (χ2n) is 6.77. The molecule has 0 aliphatic rings. The average molecular weight is 402 g/mol. The van der Waals surface area contributed by atoms with E-state index in [1.54, 1.807) is 31.2 Å². The average Bonchev–Trinajstić information content (AvgIpc) is 2.68. The molecule has 28 heavy (non-hydrogen) atoms. The van der Waals surface area contributed by atoms with E-state index in [1.165, 1.54) is 0 Å². The third-order valence-corrected chi connectivity index (χ3v) is 4.80. The summed E-state index contributed by atoms with van der Waals surface area (Å²) in [5.41, 5.74) is 1.18. The molecule has 3 N–H and O–H groups in total. The molecule has 0 aliphatic heterocycles. The fraction of sp³-hybridized carbons (Fsp3) is 0.273. The molecule has 0 spiro atoms. The van der Waals surface area contributed by atoms with Gasteiger partial charge in [0, 0.05) is 0 Å². The van der Waals surface area contributed by atoms with Crippen molar-refractivity contribution in [3.05, 3.63) is 81.7 Å². The number of hydrogen-bond acceptors (Lipinski definition) is 4. The molecule has 1 aromatic heterocycles. The van der Waals surface area contributed by atoms with Crippen molar-refractivity contribution in [2.75, 3.05) is 6.54 Å². The van der Waals surface area contributed by atoms with Crippen LogP contribution >= 0.6 is 0 Å². The number of aliphatic hydroxyl groups is 1. The molecule has 0 aliphatic carbocycles. The van der Waals surface area contributed by atoms with Crippen LogP contribution in [-0.4, -0.2) is 23.5 Å². The molecule has 2 aromatic carbocycles. The highest BCUT2D eigenvalue weighted by molar-refractivity contribution is 5.99. The van der Waals surface area contributed by atoms with Gasteiger partial charge in [-0.25, -0.2) is 0 Å². The maximum absolute atomic E-state index is 12.6. The van der Waals surface area contributed by atoms with Gasteiger partial charge in [0.15, 0.2) is 5.78 Å². The SMILES string of the molecule is Cc1oc2ccccc2c(=O)c1C(=O)CC[NH2+]C(C)C(O)c1ccccc1.[Cl-]. The number of Topliss-reactive ketones (excluding diaryl/α,β-unsaturated/α-hetero) is 1. The first-order chi connectivity index (χ1) is 13.0. The van der Waals surface area contributed by atoms with Gasteiger partial charge in [0.2, 0.25) is 5.43 Å². The number of benzene rings is 2. The number of quaternary nitrogens is 1. The lowest BCUT2D eigenvalue weighted by Gasteiger charge is -2.17. The van der Waals surface area contributed by atoms with Crippen LogP contribution in [0.5, 0.6) is 0 Å². The Morgan fingerprint density at radius 3 is 2.46 bits per heavy atom. The lowest BCUT2D eigenvalue weighted by Crippen LogP contribution is -3.00. The predicted octanol–water partition coefficient (Wildman–Crippen LogP) is -0.636. The molecule has 6 heteroatoms. The van der Waals surface area contributed by atoms with Crippen molar-refractivity contribution in [1.82, 2.24) is 0 Å². The molecule has 0 saturated carbocycles. The van der Waals surface area contributed by atoms with Crippen LogP contribution in [0.25, 0.3) is 11.0 Å². The highest BCUT2D eigenvalue weighted by Crippen LogP contribution is 2.16. The van der Waals surface area contributed by atoms with E-state index in [2.05, 4.69) is 0 Å². The van der Waals surface area contributed by atoms with Gasteiger partial charge in [-0.05, 0) is 31.5 Å². The van der Waals surface area contributed by atoms with E-state index in [4.69, 9.17) is 4.42 Å². The number of carbonyl (C=O) groups is 1. The zero-order chi connectivity index (χ0) is 19.4. The highest BCUT2D eigenvalue weighted by Gasteiger charge is 2.21. The summed E-state index contributed by atoms with van der Waals surface area (Å²) < 4.78 is 5.65. The van der Waals surface area contributed by atoms with Crippen LogP contribution in [0.1, 0.15) is 41.1 Å². The maximum Gasteiger partial charge on any atom is 0.203 e. The van der Waals surface area contributed by atoms with Crippen LogP contribution < -0.4 is 23.2 Å². The molecule has 0 amide bonds. The Hall–Kier alpha value is -2.47. The van der Waals surface area contributed by atoms with Gasteiger partial charge >= 0.3 is 0 Å². The van der Waals surface area contributed by atoms with Crippen molar-refractivity contribution in [3.8, 4) is 0 Å². The van der Waals surface area contributed by atoms with Crippen LogP contribution in [0.4, 0.5) is 0 Å². The minimum absolute atomic E-state index is 0. The molecule has 0 radical (unpaired) electrons. The lowest BCUT2D eigenvalue weighted by atomic mass is 10.0. The molecule has 2 atom stereocenters. The van der Waals surface area contributed by atoms with Crippen LogP contribution in [-0.2, 0) is 0 Å². The first-order valence-electron chi connectivity index (χ1n) is 9.11. The largest absolute Gasteiger partial charge is 1.00 e.